The molecule has 0 aliphatic carbocycles. The number of aromatic nitrogens is 1. The summed E-state index contributed by atoms with van der Waals surface area (Å²) in [5.74, 6) is -4.66. The summed E-state index contributed by atoms with van der Waals surface area (Å²) < 4.78 is 27.8. The van der Waals surface area contributed by atoms with E-state index in [0.29, 0.717) is 16.5 Å². The van der Waals surface area contributed by atoms with E-state index in [1.165, 1.54) is 23.8 Å². The van der Waals surface area contributed by atoms with Gasteiger partial charge in [-0.15, -0.1) is 0 Å². The van der Waals surface area contributed by atoms with Gasteiger partial charge in [0.15, 0.2) is 24.1 Å². The lowest BCUT2D eigenvalue weighted by atomic mass is 10.0. The largest absolute Gasteiger partial charge is 0.462 e. The monoisotopic (exact) mass is 531 g/mol. The first-order valence-electron chi connectivity index (χ1n) is 11.5. The number of carbonyl (C=O) groups excluding carboxylic acids is 6. The molecule has 0 amide bonds. The average Bonchev–Trinajstić information content (AvgIpc) is 3.16. The van der Waals surface area contributed by atoms with Gasteiger partial charge in [-0.3, -0.25) is 33.3 Å². The smallest absolute Gasteiger partial charge is 0.307 e. The quantitative estimate of drug-likeness (QED) is 0.252. The van der Waals surface area contributed by atoms with Crippen molar-refractivity contribution < 1.29 is 52.5 Å². The van der Waals surface area contributed by atoms with Crippen LogP contribution in [0.2, 0.25) is 0 Å². The molecule has 0 N–H and O–H groups in total. The summed E-state index contributed by atoms with van der Waals surface area (Å²) >= 11 is 0. The maximum absolute atomic E-state index is 12.2. The minimum Gasteiger partial charge on any atom is -0.462 e. The molecule has 0 radical (unpaired) electrons. The molecule has 0 unspecified atom stereocenters. The first-order valence-corrected chi connectivity index (χ1v) is 11.5. The lowest BCUT2D eigenvalue weighted by molar-refractivity contribution is -0.189. The van der Waals surface area contributed by atoms with Crippen LogP contribution < -0.4 is 0 Å². The molecule has 38 heavy (non-hydrogen) atoms. The molecule has 0 fully saturated rings. The highest BCUT2D eigenvalue weighted by Gasteiger charge is 2.41. The average molecular weight is 532 g/mol. The Bertz CT molecular complexity index is 1270. The Hall–Kier alpha value is -4.48. The van der Waals surface area contributed by atoms with E-state index in [2.05, 4.69) is 0 Å². The lowest BCUT2D eigenvalue weighted by Crippen LogP contribution is -2.48. The fourth-order valence-corrected chi connectivity index (χ4v) is 3.67. The van der Waals surface area contributed by atoms with Crippen molar-refractivity contribution in [2.45, 2.75) is 59.9 Å². The van der Waals surface area contributed by atoms with Crippen molar-refractivity contribution in [3.63, 3.8) is 0 Å². The van der Waals surface area contributed by atoms with Crippen LogP contribution in [0.4, 0.5) is 0 Å². The maximum atomic E-state index is 12.2. The maximum Gasteiger partial charge on any atom is 0.307 e. The summed E-state index contributed by atoms with van der Waals surface area (Å²) in [5.41, 5.74) is 0.955. The number of para-hydroxylation sites is 1. The molecule has 3 atom stereocenters. The second-order valence-electron chi connectivity index (χ2n) is 8.19. The van der Waals surface area contributed by atoms with Gasteiger partial charge in [-0.2, -0.15) is 0 Å². The zero-order valence-electron chi connectivity index (χ0n) is 21.8. The molecule has 12 heteroatoms. The van der Waals surface area contributed by atoms with Gasteiger partial charge in [0.2, 0.25) is 5.91 Å². The van der Waals surface area contributed by atoms with E-state index in [0.717, 1.165) is 34.6 Å². The summed E-state index contributed by atoms with van der Waals surface area (Å²) in [6.45, 7) is 6.21. The number of hydrogen-bond acceptors (Lipinski definition) is 11. The van der Waals surface area contributed by atoms with Crippen molar-refractivity contribution in [2.75, 3.05) is 6.61 Å². The summed E-state index contributed by atoms with van der Waals surface area (Å²) in [7, 11) is 0. The molecule has 0 spiro atoms. The molecule has 0 saturated carbocycles. The molecule has 0 aliphatic rings. The normalized spacial score (nSPS) is 13.6. The van der Waals surface area contributed by atoms with Crippen molar-refractivity contribution in [3.05, 3.63) is 41.8 Å². The molecule has 0 aliphatic heterocycles. The molecule has 12 nitrogen and oxygen atoms in total. The van der Waals surface area contributed by atoms with Gasteiger partial charge in [0.25, 0.3) is 0 Å². The van der Waals surface area contributed by atoms with Crippen LogP contribution in [0.5, 0.6) is 0 Å². The number of hydrogen-bond donors (Lipinski definition) is 0. The summed E-state index contributed by atoms with van der Waals surface area (Å²) in [4.78, 5) is 71.8. The van der Waals surface area contributed by atoms with Crippen molar-refractivity contribution >= 4 is 52.7 Å². The highest BCUT2D eigenvalue weighted by atomic mass is 16.6. The van der Waals surface area contributed by atoms with Crippen molar-refractivity contribution in [3.8, 4) is 0 Å². The van der Waals surface area contributed by atoms with Crippen LogP contribution in [0, 0.1) is 0 Å². The van der Waals surface area contributed by atoms with Crippen LogP contribution >= 0.6 is 0 Å². The van der Waals surface area contributed by atoms with Crippen LogP contribution in [0.25, 0.3) is 17.0 Å². The molecule has 2 aromatic rings. The molecule has 0 saturated heterocycles. The molecular weight excluding hydrogens is 502 g/mol. The van der Waals surface area contributed by atoms with E-state index in [1.807, 2.05) is 0 Å². The van der Waals surface area contributed by atoms with Crippen molar-refractivity contribution in [2.24, 2.45) is 0 Å². The topological polar surface area (TPSA) is 154 Å². The van der Waals surface area contributed by atoms with E-state index >= 15 is 0 Å². The standard InChI is InChI=1S/C26H29NO11/c1-14(28)27-12-20(21-9-7-8-10-22(21)27)11-23(35-16(3)30)25(37-18(5)32)26(38-19(6)33)24(36-17(4)31)13-34-15(2)29/h7-12,24-26H,13H2,1-6H3/b23-11+/t24-,25+,26+/m0/s1. The predicted octanol–water partition coefficient (Wildman–Crippen LogP) is 2.56. The number of rotatable bonds is 10. The third-order valence-corrected chi connectivity index (χ3v) is 4.95. The third-order valence-electron chi connectivity index (χ3n) is 4.95. The Morgan fingerprint density at radius 3 is 1.92 bits per heavy atom. The van der Waals surface area contributed by atoms with Crippen LogP contribution in [-0.2, 0) is 47.7 Å². The Morgan fingerprint density at radius 1 is 0.789 bits per heavy atom. The molecule has 1 aromatic carbocycles. The Kier molecular flexibility index (Phi) is 10.3. The van der Waals surface area contributed by atoms with Crippen LogP contribution in [0.15, 0.2) is 36.2 Å². The predicted molar refractivity (Wildman–Crippen MR) is 131 cm³/mol. The SMILES string of the molecule is CC(=O)OC[C@H](OC(C)=O)[C@@H](OC(C)=O)[C@H](OC(C)=O)/C(=C\c1cn(C(C)=O)c2ccccc12)OC(C)=O. The van der Waals surface area contributed by atoms with E-state index in [9.17, 15) is 28.8 Å². The third kappa shape index (κ3) is 8.29. The summed E-state index contributed by atoms with van der Waals surface area (Å²) in [6, 6.07) is 6.90. The first kappa shape index (κ1) is 29.7. The molecular formula is C26H29NO11. The van der Waals surface area contributed by atoms with Crippen LogP contribution in [0.3, 0.4) is 0 Å². The van der Waals surface area contributed by atoms with Gasteiger partial charge < -0.3 is 23.7 Å². The first-order chi connectivity index (χ1) is 17.8. The van der Waals surface area contributed by atoms with Gasteiger partial charge in [0, 0.05) is 58.7 Å². The molecule has 0 bridgehead atoms. The van der Waals surface area contributed by atoms with Crippen LogP contribution in [0.1, 0.15) is 51.9 Å². The summed E-state index contributed by atoms with van der Waals surface area (Å²) in [5, 5.41) is 0.592. The van der Waals surface area contributed by atoms with Crippen LogP contribution in [-0.4, -0.2) is 65.2 Å². The Labute approximate surface area is 218 Å². The van der Waals surface area contributed by atoms with E-state index in [4.69, 9.17) is 23.7 Å². The molecule has 1 heterocycles. The Balaban J connectivity index is 2.78. The van der Waals surface area contributed by atoms with Crippen molar-refractivity contribution in [1.82, 2.24) is 4.57 Å². The number of fused-ring (bicyclic) bond motifs is 1. The fraction of sp³-hybridized carbons (Fsp3) is 0.385. The number of benzene rings is 1. The number of esters is 5. The van der Waals surface area contributed by atoms with E-state index < -0.39 is 54.8 Å². The minimum absolute atomic E-state index is 0.291. The number of nitrogens with zero attached hydrogens (tertiary/aromatic N) is 1. The number of carbonyl (C=O) groups is 6. The van der Waals surface area contributed by atoms with E-state index in [-0.39, 0.29) is 11.7 Å². The molecule has 2 rings (SSSR count). The second-order valence-corrected chi connectivity index (χ2v) is 8.19. The van der Waals surface area contributed by atoms with Gasteiger partial charge in [-0.05, 0) is 12.1 Å². The van der Waals surface area contributed by atoms with Crippen molar-refractivity contribution in [1.29, 1.82) is 0 Å². The van der Waals surface area contributed by atoms with Gasteiger partial charge in [0.1, 0.15) is 6.61 Å². The van der Waals surface area contributed by atoms with Gasteiger partial charge in [0.05, 0.1) is 5.52 Å². The highest BCUT2D eigenvalue weighted by molar-refractivity contribution is 5.97. The van der Waals surface area contributed by atoms with Gasteiger partial charge in [-0.25, -0.2) is 0 Å². The fourth-order valence-electron chi connectivity index (χ4n) is 3.67. The zero-order valence-corrected chi connectivity index (χ0v) is 21.8. The summed E-state index contributed by atoms with van der Waals surface area (Å²) in [6.07, 6.45) is -1.87. The molecule has 204 valence electrons. The lowest BCUT2D eigenvalue weighted by Gasteiger charge is -2.32. The minimum atomic E-state index is -1.64. The molecule has 1 aromatic heterocycles. The Morgan fingerprint density at radius 2 is 1.39 bits per heavy atom. The van der Waals surface area contributed by atoms with Gasteiger partial charge >= 0.3 is 29.8 Å². The van der Waals surface area contributed by atoms with E-state index in [1.54, 1.807) is 24.3 Å². The second kappa shape index (κ2) is 13.2. The highest BCUT2D eigenvalue weighted by Crippen LogP contribution is 2.28. The zero-order chi connectivity index (χ0) is 28.6. The van der Waals surface area contributed by atoms with Gasteiger partial charge in [-0.1, -0.05) is 18.2 Å². The number of ether oxygens (including phenoxy) is 5.